The second-order valence-electron chi connectivity index (χ2n) is 8.00. The van der Waals surface area contributed by atoms with Gasteiger partial charge in [-0.05, 0) is 55.3 Å². The first-order chi connectivity index (χ1) is 16.3. The fraction of sp³-hybridized carbons (Fsp3) is 0.214. The highest BCUT2D eigenvalue weighted by molar-refractivity contribution is 9.10. The summed E-state index contributed by atoms with van der Waals surface area (Å²) in [4.78, 5) is 0.225. The average Bonchev–Trinajstić information content (AvgIpc) is 2.84. The number of hydrogen-bond acceptors (Lipinski definition) is 3. The van der Waals surface area contributed by atoms with Gasteiger partial charge in [-0.2, -0.15) is 4.31 Å². The summed E-state index contributed by atoms with van der Waals surface area (Å²) in [6.07, 6.45) is 1.29. The minimum Gasteiger partial charge on any atom is -0.388 e. The largest absolute Gasteiger partial charge is 0.388 e. The summed E-state index contributed by atoms with van der Waals surface area (Å²) in [6, 6.07) is 23.7. The third kappa shape index (κ3) is 6.91. The highest BCUT2D eigenvalue weighted by Crippen LogP contribution is 2.28. The van der Waals surface area contributed by atoms with E-state index in [9.17, 15) is 13.5 Å². The van der Waals surface area contributed by atoms with Crippen molar-refractivity contribution in [2.45, 2.75) is 24.3 Å². The molecule has 0 amide bonds. The summed E-state index contributed by atoms with van der Waals surface area (Å²) < 4.78 is 29.2. The molecule has 3 aromatic rings. The van der Waals surface area contributed by atoms with Gasteiger partial charge >= 0.3 is 0 Å². The molecule has 0 heterocycles. The first-order valence-electron chi connectivity index (χ1n) is 11.0. The van der Waals surface area contributed by atoms with E-state index < -0.39 is 16.1 Å². The number of nitrogens with zero attached hydrogens (tertiary/aromatic N) is 1. The third-order valence-electron chi connectivity index (χ3n) is 5.55. The van der Waals surface area contributed by atoms with E-state index in [1.165, 1.54) is 4.31 Å². The smallest absolute Gasteiger partial charge is 0.243 e. The van der Waals surface area contributed by atoms with E-state index in [0.717, 1.165) is 21.2 Å². The molecule has 0 spiro atoms. The fourth-order valence-electron chi connectivity index (χ4n) is 3.50. The van der Waals surface area contributed by atoms with Crippen LogP contribution in [0, 0.1) is 24.7 Å². The standard InChI is InChI=1S/C28H28BrNO3S/c1-3-24(28(31)25-13-15-26(29)16-14-25)19-21-30(20-7-10-23-8-5-4-6-9-23)34(32,33)27-17-11-22(2)12-18-27/h3-6,8-9,11-18,24,28,31H,1,19-21H2,2H3. The van der Waals surface area contributed by atoms with Crippen molar-refractivity contribution in [2.24, 2.45) is 5.92 Å². The Kier molecular flexibility index (Phi) is 9.26. The highest BCUT2D eigenvalue weighted by atomic mass is 79.9. The Morgan fingerprint density at radius 1 is 1.03 bits per heavy atom. The molecule has 6 heteroatoms. The zero-order valence-corrected chi connectivity index (χ0v) is 21.5. The van der Waals surface area contributed by atoms with Crippen LogP contribution < -0.4 is 0 Å². The van der Waals surface area contributed by atoms with Crippen LogP contribution in [0.2, 0.25) is 0 Å². The Balaban J connectivity index is 1.82. The molecule has 0 aliphatic rings. The Hall–Kier alpha value is -2.69. The predicted molar refractivity (Wildman–Crippen MR) is 141 cm³/mol. The number of aryl methyl sites for hydroxylation is 1. The second-order valence-corrected chi connectivity index (χ2v) is 10.9. The van der Waals surface area contributed by atoms with E-state index in [4.69, 9.17) is 0 Å². The lowest BCUT2D eigenvalue weighted by Crippen LogP contribution is -2.34. The van der Waals surface area contributed by atoms with Gasteiger partial charge < -0.3 is 5.11 Å². The Labute approximate surface area is 211 Å². The van der Waals surface area contributed by atoms with Gasteiger partial charge in [0, 0.05) is 22.5 Å². The monoisotopic (exact) mass is 537 g/mol. The number of halogens is 1. The summed E-state index contributed by atoms with van der Waals surface area (Å²) in [6.45, 7) is 6.03. The van der Waals surface area contributed by atoms with Crippen molar-refractivity contribution >= 4 is 26.0 Å². The minimum atomic E-state index is -3.76. The summed E-state index contributed by atoms with van der Waals surface area (Å²) in [5, 5.41) is 10.9. The molecule has 2 atom stereocenters. The van der Waals surface area contributed by atoms with Gasteiger partial charge in [-0.3, -0.25) is 0 Å². The molecule has 2 unspecified atom stereocenters. The maximum absolute atomic E-state index is 13.4. The van der Waals surface area contributed by atoms with Crippen LogP contribution in [0.4, 0.5) is 0 Å². The van der Waals surface area contributed by atoms with Gasteiger partial charge in [0.15, 0.2) is 0 Å². The number of aliphatic hydroxyl groups excluding tert-OH is 1. The summed E-state index contributed by atoms with van der Waals surface area (Å²) >= 11 is 3.40. The summed E-state index contributed by atoms with van der Waals surface area (Å²) in [7, 11) is -3.76. The van der Waals surface area contributed by atoms with Crippen LogP contribution in [0.25, 0.3) is 0 Å². The Bertz CT molecular complexity index is 1250. The number of aliphatic hydroxyl groups is 1. The van der Waals surface area contributed by atoms with Crippen molar-refractivity contribution in [3.05, 3.63) is 113 Å². The average molecular weight is 539 g/mol. The maximum atomic E-state index is 13.4. The molecular weight excluding hydrogens is 510 g/mol. The molecule has 0 aliphatic carbocycles. The van der Waals surface area contributed by atoms with Gasteiger partial charge in [0.05, 0.1) is 17.5 Å². The number of benzene rings is 3. The molecule has 3 rings (SSSR count). The molecular formula is C28H28BrNO3S. The molecule has 4 nitrogen and oxygen atoms in total. The zero-order chi connectivity index (χ0) is 24.6. The van der Waals surface area contributed by atoms with Crippen LogP contribution in [0.15, 0.2) is 101 Å². The van der Waals surface area contributed by atoms with E-state index in [1.54, 1.807) is 30.3 Å². The predicted octanol–water partition coefficient (Wildman–Crippen LogP) is 5.73. The van der Waals surface area contributed by atoms with Crippen LogP contribution in [-0.2, 0) is 10.0 Å². The van der Waals surface area contributed by atoms with Crippen LogP contribution in [0.1, 0.15) is 29.2 Å². The molecule has 0 radical (unpaired) electrons. The Morgan fingerprint density at radius 2 is 1.68 bits per heavy atom. The maximum Gasteiger partial charge on any atom is 0.243 e. The molecule has 0 saturated carbocycles. The fourth-order valence-corrected chi connectivity index (χ4v) is 5.12. The van der Waals surface area contributed by atoms with Crippen LogP contribution in [0.5, 0.6) is 0 Å². The molecule has 0 bridgehead atoms. The zero-order valence-electron chi connectivity index (χ0n) is 19.1. The molecule has 176 valence electrons. The van der Waals surface area contributed by atoms with Crippen molar-refractivity contribution in [3.63, 3.8) is 0 Å². The molecule has 0 aliphatic heterocycles. The normalized spacial score (nSPS) is 13.1. The molecule has 1 N–H and O–H groups in total. The first-order valence-corrected chi connectivity index (χ1v) is 13.2. The van der Waals surface area contributed by atoms with Gasteiger partial charge in [0.2, 0.25) is 10.0 Å². The lowest BCUT2D eigenvalue weighted by atomic mass is 9.93. The molecule has 0 fully saturated rings. The number of sulfonamides is 1. The van der Waals surface area contributed by atoms with Gasteiger partial charge in [0.25, 0.3) is 0 Å². The Morgan fingerprint density at radius 3 is 2.29 bits per heavy atom. The summed E-state index contributed by atoms with van der Waals surface area (Å²) in [5.74, 6) is 5.71. The topological polar surface area (TPSA) is 57.6 Å². The van der Waals surface area contributed by atoms with Crippen LogP contribution >= 0.6 is 15.9 Å². The van der Waals surface area contributed by atoms with Gasteiger partial charge in [-0.1, -0.05) is 81.9 Å². The first kappa shape index (κ1) is 25.9. The number of rotatable bonds is 9. The SMILES string of the molecule is C=CC(CCN(CC#Cc1ccccc1)S(=O)(=O)c1ccc(C)cc1)C(O)c1ccc(Br)cc1. The van der Waals surface area contributed by atoms with E-state index in [2.05, 4.69) is 34.3 Å². The molecule has 0 saturated heterocycles. The van der Waals surface area contributed by atoms with E-state index in [0.29, 0.717) is 6.42 Å². The lowest BCUT2D eigenvalue weighted by molar-refractivity contribution is 0.124. The van der Waals surface area contributed by atoms with Crippen LogP contribution in [-0.4, -0.2) is 30.9 Å². The van der Waals surface area contributed by atoms with Gasteiger partial charge in [-0.25, -0.2) is 8.42 Å². The van der Waals surface area contributed by atoms with Crippen LogP contribution in [0.3, 0.4) is 0 Å². The van der Waals surface area contributed by atoms with Crippen molar-refractivity contribution < 1.29 is 13.5 Å². The molecule has 3 aromatic carbocycles. The van der Waals surface area contributed by atoms with Crippen molar-refractivity contribution in [2.75, 3.05) is 13.1 Å². The second kappa shape index (κ2) is 12.1. The van der Waals surface area contributed by atoms with Crippen molar-refractivity contribution in [1.29, 1.82) is 0 Å². The number of hydrogen-bond donors (Lipinski definition) is 1. The van der Waals surface area contributed by atoms with Gasteiger partial charge in [0.1, 0.15) is 0 Å². The summed E-state index contributed by atoms with van der Waals surface area (Å²) in [5.41, 5.74) is 2.56. The quantitative estimate of drug-likeness (QED) is 0.280. The van der Waals surface area contributed by atoms with E-state index in [1.807, 2.05) is 61.5 Å². The van der Waals surface area contributed by atoms with Crippen molar-refractivity contribution in [3.8, 4) is 11.8 Å². The van der Waals surface area contributed by atoms with E-state index in [-0.39, 0.29) is 23.9 Å². The molecule has 0 aromatic heterocycles. The molecule has 34 heavy (non-hydrogen) atoms. The lowest BCUT2D eigenvalue weighted by Gasteiger charge is -2.25. The third-order valence-corrected chi connectivity index (χ3v) is 7.94. The highest BCUT2D eigenvalue weighted by Gasteiger charge is 2.26. The van der Waals surface area contributed by atoms with Gasteiger partial charge in [-0.15, -0.1) is 6.58 Å². The van der Waals surface area contributed by atoms with E-state index >= 15 is 0 Å². The van der Waals surface area contributed by atoms with Crippen molar-refractivity contribution in [1.82, 2.24) is 4.31 Å². The minimum absolute atomic E-state index is 0.0450.